The number of aliphatic hydroxyl groups is 1. The number of anilines is 1. The van der Waals surface area contributed by atoms with Crippen LogP contribution in [0, 0.1) is 27.9 Å². The van der Waals surface area contributed by atoms with Crippen molar-refractivity contribution < 1.29 is 48.2 Å². The number of amides is 5. The Labute approximate surface area is 384 Å². The molecule has 0 unspecified atom stereocenters. The number of nitrogens with two attached hydrogens (primary N) is 1. The average Bonchev–Trinajstić information content (AvgIpc) is 3.80. The van der Waals surface area contributed by atoms with Crippen molar-refractivity contribution in [1.82, 2.24) is 15.5 Å². The minimum absolute atomic E-state index is 0.0175. The third-order valence-electron chi connectivity index (χ3n) is 12.0. The number of non-ortho nitro benzene ring substituents is 1. The number of urea groups is 1. The standard InChI is InChI=1S/C50H44N6O11/c1-2-25-52-45(58)40-42-46(59)67-43(34-15-7-4-8-16-34)41(33-13-5-3-6-14-33)55(42)44(36-17-9-10-18-39(36)65-28-27-57)50(40)37-29-31(12-11-26-53-48(51)61)21-24-38(37)54(47(50)60)49(62)66-30-32-19-22-35(23-20-32)56(63)64/h2-10,13-24,29,40-44,57H,1,25-28,30H2,(H,52,58)(H3,51,53,61)/t40-,41-,42-,43+,44+,50-/m0/s1. The molecule has 17 nitrogen and oxygen atoms in total. The molecule has 6 atom stereocenters. The molecule has 5 aromatic carbocycles. The second-order valence-corrected chi connectivity index (χ2v) is 15.8. The average molecular weight is 905 g/mol. The number of rotatable bonds is 13. The number of carbonyl (C=O) groups is 5. The van der Waals surface area contributed by atoms with Gasteiger partial charge in [0.1, 0.15) is 36.5 Å². The van der Waals surface area contributed by atoms with Gasteiger partial charge >= 0.3 is 18.1 Å². The number of nitro benzene ring substituents is 1. The van der Waals surface area contributed by atoms with Gasteiger partial charge in [-0.05, 0) is 58.7 Å². The summed E-state index contributed by atoms with van der Waals surface area (Å²) in [6.45, 7) is 2.63. The van der Waals surface area contributed by atoms with Crippen molar-refractivity contribution >= 4 is 41.3 Å². The molecule has 0 aliphatic carbocycles. The van der Waals surface area contributed by atoms with E-state index in [0.29, 0.717) is 27.8 Å². The van der Waals surface area contributed by atoms with Crippen LogP contribution in [0.5, 0.6) is 5.75 Å². The predicted molar refractivity (Wildman–Crippen MR) is 242 cm³/mol. The lowest BCUT2D eigenvalue weighted by molar-refractivity contribution is -0.384. The summed E-state index contributed by atoms with van der Waals surface area (Å²) in [5.41, 5.74) is 5.36. The topological polar surface area (TPSA) is 233 Å². The number of carbonyl (C=O) groups excluding carboxylic acids is 5. The van der Waals surface area contributed by atoms with E-state index in [1.807, 2.05) is 65.6 Å². The molecule has 5 N–H and O–H groups in total. The fraction of sp³-hybridized carbons (Fsp3) is 0.220. The van der Waals surface area contributed by atoms with Crippen LogP contribution < -0.4 is 26.0 Å². The summed E-state index contributed by atoms with van der Waals surface area (Å²) >= 11 is 0. The molecule has 5 amide bonds. The molecule has 0 bridgehead atoms. The minimum atomic E-state index is -2.20. The first kappa shape index (κ1) is 45.2. The highest BCUT2D eigenvalue weighted by Gasteiger charge is 2.76. The van der Waals surface area contributed by atoms with Crippen LogP contribution in [0.2, 0.25) is 0 Å². The van der Waals surface area contributed by atoms with Gasteiger partial charge in [0.15, 0.2) is 0 Å². The third kappa shape index (κ3) is 8.42. The summed E-state index contributed by atoms with van der Waals surface area (Å²) in [5.74, 6) is 1.89. The van der Waals surface area contributed by atoms with Crippen molar-refractivity contribution in [2.24, 2.45) is 11.7 Å². The van der Waals surface area contributed by atoms with Crippen molar-refractivity contribution in [1.29, 1.82) is 0 Å². The zero-order chi connectivity index (χ0) is 47.2. The number of nitrogens with zero attached hydrogens (tertiary/aromatic N) is 3. The lowest BCUT2D eigenvalue weighted by Gasteiger charge is -2.46. The number of benzene rings is 5. The summed E-state index contributed by atoms with van der Waals surface area (Å²) in [6.07, 6.45) is -0.695. The fourth-order valence-corrected chi connectivity index (χ4v) is 9.41. The van der Waals surface area contributed by atoms with Crippen LogP contribution in [0.4, 0.5) is 21.0 Å². The number of esters is 1. The van der Waals surface area contributed by atoms with Crippen molar-refractivity contribution in [2.75, 3.05) is 31.2 Å². The Morgan fingerprint density at radius 3 is 2.27 bits per heavy atom. The van der Waals surface area contributed by atoms with Gasteiger partial charge in [0.05, 0.1) is 41.8 Å². The van der Waals surface area contributed by atoms with Gasteiger partial charge in [0.2, 0.25) is 11.8 Å². The molecular weight excluding hydrogens is 861 g/mol. The highest BCUT2D eigenvalue weighted by molar-refractivity contribution is 6.23. The Morgan fingerprint density at radius 1 is 0.910 bits per heavy atom. The molecule has 0 saturated carbocycles. The number of fused-ring (bicyclic) bond motifs is 3. The van der Waals surface area contributed by atoms with E-state index in [9.17, 15) is 24.8 Å². The number of nitro groups is 1. The van der Waals surface area contributed by atoms with E-state index in [4.69, 9.17) is 19.9 Å². The maximum Gasteiger partial charge on any atom is 0.421 e. The van der Waals surface area contributed by atoms with Crippen LogP contribution in [-0.2, 0) is 35.9 Å². The van der Waals surface area contributed by atoms with Crippen molar-refractivity contribution in [2.45, 2.75) is 36.3 Å². The van der Waals surface area contributed by atoms with E-state index in [1.54, 1.807) is 36.4 Å². The Kier molecular flexibility index (Phi) is 13.1. The first-order chi connectivity index (χ1) is 32.5. The number of imide groups is 1. The number of ether oxygens (including phenoxy) is 3. The van der Waals surface area contributed by atoms with E-state index < -0.39 is 77.0 Å². The van der Waals surface area contributed by atoms with E-state index in [0.717, 1.165) is 4.90 Å². The molecule has 67 heavy (non-hydrogen) atoms. The molecule has 5 aromatic rings. The lowest BCUT2D eigenvalue weighted by Crippen LogP contribution is -2.55. The summed E-state index contributed by atoms with van der Waals surface area (Å²) in [4.78, 5) is 86.5. The number of aliphatic hydroxyl groups excluding tert-OH is 1. The van der Waals surface area contributed by atoms with Gasteiger partial charge in [-0.2, -0.15) is 0 Å². The van der Waals surface area contributed by atoms with E-state index in [1.165, 1.54) is 36.4 Å². The Balaban J connectivity index is 1.42. The number of hydrogen-bond acceptors (Lipinski definition) is 12. The molecule has 3 aliphatic rings. The predicted octanol–water partition coefficient (Wildman–Crippen LogP) is 5.29. The number of morpholine rings is 1. The molecule has 2 fully saturated rings. The van der Waals surface area contributed by atoms with Crippen molar-refractivity contribution in [3.8, 4) is 17.6 Å². The summed E-state index contributed by atoms with van der Waals surface area (Å²) in [7, 11) is 0. The van der Waals surface area contributed by atoms with Crippen LogP contribution in [0.25, 0.3) is 0 Å². The first-order valence-corrected chi connectivity index (χ1v) is 21.2. The number of primary amides is 1. The van der Waals surface area contributed by atoms with E-state index in [2.05, 4.69) is 29.1 Å². The number of hydrogen-bond donors (Lipinski definition) is 4. The van der Waals surface area contributed by atoms with Gasteiger partial charge in [-0.1, -0.05) is 96.8 Å². The highest BCUT2D eigenvalue weighted by atomic mass is 16.6. The SMILES string of the molecule is C=CCNC(=O)[C@@H]1[C@H]2C(=O)O[C@H](c3ccccc3)[C@H](c3ccccc3)N2[C@H](c2ccccc2OCCO)[C@@]12C(=O)N(C(=O)OCc1ccc([N+](=O)[O-])cc1)c1ccc(C#CCNC(N)=O)cc12. The number of nitrogens with one attached hydrogen (secondary N) is 2. The lowest BCUT2D eigenvalue weighted by atomic mass is 9.65. The highest BCUT2D eigenvalue weighted by Crippen LogP contribution is 2.66. The molecule has 0 aromatic heterocycles. The Hall–Kier alpha value is -8.33. The monoisotopic (exact) mass is 904 g/mol. The molecule has 3 aliphatic heterocycles. The minimum Gasteiger partial charge on any atom is -0.491 e. The zero-order valence-electron chi connectivity index (χ0n) is 35.8. The van der Waals surface area contributed by atoms with E-state index in [-0.39, 0.29) is 49.0 Å². The number of cyclic esters (lactones) is 1. The molecule has 340 valence electrons. The second-order valence-electron chi connectivity index (χ2n) is 15.8. The van der Waals surface area contributed by atoms with Crippen LogP contribution in [0.15, 0.2) is 140 Å². The van der Waals surface area contributed by atoms with Crippen LogP contribution >= 0.6 is 0 Å². The third-order valence-corrected chi connectivity index (χ3v) is 12.0. The van der Waals surface area contributed by atoms with Gasteiger partial charge in [-0.25, -0.2) is 14.5 Å². The normalized spacial score (nSPS) is 21.5. The van der Waals surface area contributed by atoms with Crippen LogP contribution in [-0.4, -0.2) is 77.2 Å². The number of para-hydroxylation sites is 1. The Morgan fingerprint density at radius 2 is 1.60 bits per heavy atom. The van der Waals surface area contributed by atoms with Gasteiger partial charge in [0, 0.05) is 29.8 Å². The summed E-state index contributed by atoms with van der Waals surface area (Å²) in [6, 6.07) is 30.5. The van der Waals surface area contributed by atoms with Gasteiger partial charge < -0.3 is 35.7 Å². The largest absolute Gasteiger partial charge is 0.491 e. The van der Waals surface area contributed by atoms with E-state index >= 15 is 14.4 Å². The first-order valence-electron chi connectivity index (χ1n) is 21.2. The smallest absolute Gasteiger partial charge is 0.421 e. The summed E-state index contributed by atoms with van der Waals surface area (Å²) in [5, 5.41) is 26.6. The summed E-state index contributed by atoms with van der Waals surface area (Å²) < 4.78 is 18.5. The van der Waals surface area contributed by atoms with Crippen LogP contribution in [0.1, 0.15) is 51.6 Å². The Bertz CT molecular complexity index is 2800. The fourth-order valence-electron chi connectivity index (χ4n) is 9.41. The van der Waals surface area contributed by atoms with Crippen LogP contribution in [0.3, 0.4) is 0 Å². The van der Waals surface area contributed by atoms with Gasteiger partial charge in [-0.3, -0.25) is 29.4 Å². The van der Waals surface area contributed by atoms with Crippen molar-refractivity contribution in [3.63, 3.8) is 0 Å². The molecule has 0 radical (unpaired) electrons. The molecular formula is C50H44N6O11. The molecule has 17 heteroatoms. The maximum atomic E-state index is 16.3. The van der Waals surface area contributed by atoms with Crippen molar-refractivity contribution in [3.05, 3.63) is 184 Å². The quantitative estimate of drug-likeness (QED) is 0.0388. The molecule has 1 spiro atoms. The molecule has 2 saturated heterocycles. The van der Waals surface area contributed by atoms with Gasteiger partial charge in [-0.15, -0.1) is 6.58 Å². The molecule has 8 rings (SSSR count). The maximum absolute atomic E-state index is 16.3. The van der Waals surface area contributed by atoms with Gasteiger partial charge in [0.25, 0.3) is 5.69 Å². The zero-order valence-corrected chi connectivity index (χ0v) is 35.8. The second kappa shape index (κ2) is 19.4. The molecule has 3 heterocycles.